The van der Waals surface area contributed by atoms with E-state index in [0.717, 1.165) is 25.1 Å². The number of carboxylic acids is 1. The van der Waals surface area contributed by atoms with Gasteiger partial charge in [-0.2, -0.15) is 0 Å². The van der Waals surface area contributed by atoms with Gasteiger partial charge in [-0.1, -0.05) is 82.1 Å². The second-order valence-electron chi connectivity index (χ2n) is 26.5. The fraction of sp³-hybridized carbons (Fsp3) is 0.465. The number of benzene rings is 3. The van der Waals surface area contributed by atoms with Crippen LogP contribution in [0.2, 0.25) is 0 Å². The van der Waals surface area contributed by atoms with Gasteiger partial charge in [0.1, 0.15) is 66.5 Å². The number of carbonyl (C=O) groups excluding carboxylic acids is 14. The molecule has 0 fully saturated rings. The number of carbonyl (C=O) groups is 15. The van der Waals surface area contributed by atoms with Crippen molar-refractivity contribution >= 4 is 99.6 Å². The molecule has 34 nitrogen and oxygen atoms in total. The Bertz CT molecular complexity index is 3980. The van der Waals surface area contributed by atoms with Gasteiger partial charge in [0, 0.05) is 84.5 Å². The van der Waals surface area contributed by atoms with E-state index >= 15 is 0 Å². The SMILES string of the molecule is CCCCC1NC(=O)C2CCCCNC(=O)c3cc(cc(c3)C(=O)NC(C)C(=O)NC(Cc3ccccc3)C(=O)NC(Cc3c[nH]c4ccccc34)C(=O)NC(C(C)O)C(=O)NC(CCC(=O)O)C(=O)N2)C(=O)NCC(C(N)=O)NC(=O)C(Cc2cnc[nH]2)NC(=O)C(C)NC(=O)C(CC(C)C)NC1=O. The number of para-hydroxylation sites is 1. The summed E-state index contributed by atoms with van der Waals surface area (Å²) in [4.78, 5) is 224. The number of hydrogen-bond acceptors (Lipinski definition) is 17. The van der Waals surface area contributed by atoms with Gasteiger partial charge in [-0.3, -0.25) is 71.9 Å². The molecule has 0 saturated heterocycles. The number of aromatic amines is 2. The number of unbranched alkanes of at least 4 members (excludes halogenated alkanes) is 1. The summed E-state index contributed by atoms with van der Waals surface area (Å²) in [6.07, 6.45) is 0.805. The monoisotopic (exact) mass is 1460 g/mol. The third-order valence-electron chi connectivity index (χ3n) is 17.6. The van der Waals surface area contributed by atoms with Crippen LogP contribution in [0.15, 0.2) is 91.5 Å². The zero-order chi connectivity index (χ0) is 76.6. The minimum absolute atomic E-state index is 0.00715. The maximum atomic E-state index is 14.9. The van der Waals surface area contributed by atoms with Crippen LogP contribution in [0.4, 0.5) is 0 Å². The zero-order valence-electron chi connectivity index (χ0n) is 59.1. The van der Waals surface area contributed by atoms with E-state index in [1.54, 1.807) is 74.6 Å². The summed E-state index contributed by atoms with van der Waals surface area (Å²) in [6, 6.07) is 1.11. The predicted octanol–water partition coefficient (Wildman–Crippen LogP) is -1.77. The lowest BCUT2D eigenvalue weighted by Crippen LogP contribution is -2.62. The highest BCUT2D eigenvalue weighted by Crippen LogP contribution is 2.21. The first kappa shape index (κ1) is 80.7. The van der Waals surface area contributed by atoms with E-state index in [1.165, 1.54) is 26.4 Å². The molecule has 12 atom stereocenters. The fourth-order valence-corrected chi connectivity index (χ4v) is 11.7. The molecule has 19 N–H and O–H groups in total. The first-order chi connectivity index (χ1) is 50.0. The Labute approximate surface area is 604 Å². The van der Waals surface area contributed by atoms with Crippen LogP contribution in [-0.4, -0.2) is 199 Å². The number of aliphatic hydroxyl groups excluding tert-OH is 1. The topological polar surface area (TPSA) is 523 Å². The lowest BCUT2D eigenvalue weighted by molar-refractivity contribution is -0.139. The molecule has 0 spiro atoms. The maximum Gasteiger partial charge on any atom is 0.303 e. The number of imidazole rings is 1. The van der Waals surface area contributed by atoms with Crippen LogP contribution in [0.5, 0.6) is 0 Å². The van der Waals surface area contributed by atoms with Gasteiger partial charge in [0.2, 0.25) is 65.0 Å². The van der Waals surface area contributed by atoms with Crippen molar-refractivity contribution in [2.75, 3.05) is 13.1 Å². The van der Waals surface area contributed by atoms with Gasteiger partial charge in [0.25, 0.3) is 17.7 Å². The Morgan fingerprint density at radius 2 is 1.10 bits per heavy atom. The number of aromatic nitrogens is 3. The van der Waals surface area contributed by atoms with Gasteiger partial charge in [-0.25, -0.2) is 4.98 Å². The Balaban J connectivity index is 1.35. The molecule has 5 aromatic rings. The molecule has 7 rings (SSSR count). The van der Waals surface area contributed by atoms with Crippen LogP contribution in [0, 0.1) is 5.92 Å². The number of nitrogens with two attached hydrogens (primary N) is 1. The van der Waals surface area contributed by atoms with Crippen LogP contribution >= 0.6 is 0 Å². The summed E-state index contributed by atoms with van der Waals surface area (Å²) in [7, 11) is 0. The van der Waals surface area contributed by atoms with E-state index in [9.17, 15) is 82.1 Å². The molecule has 12 unspecified atom stereocenters. The van der Waals surface area contributed by atoms with Crippen molar-refractivity contribution in [1.82, 2.24) is 84.1 Å². The minimum atomic E-state index is -1.94. The van der Waals surface area contributed by atoms with Gasteiger partial charge in [0.15, 0.2) is 0 Å². The highest BCUT2D eigenvalue weighted by molar-refractivity contribution is 6.06. The average Bonchev–Trinajstić information content (AvgIpc) is 1.75. The van der Waals surface area contributed by atoms with E-state index < -0.39 is 181 Å². The second-order valence-corrected chi connectivity index (χ2v) is 26.5. The quantitative estimate of drug-likeness (QED) is 0.0520. The number of carboxylic acid groups (broad SMARTS) is 1. The summed E-state index contributed by atoms with van der Waals surface area (Å²) in [6.45, 7) is 8.11. The van der Waals surface area contributed by atoms with Crippen LogP contribution in [0.1, 0.15) is 147 Å². The fourth-order valence-electron chi connectivity index (χ4n) is 11.7. The van der Waals surface area contributed by atoms with Crippen molar-refractivity contribution < 1.29 is 82.1 Å². The Morgan fingerprint density at radius 3 is 1.73 bits per heavy atom. The molecule has 0 aliphatic carbocycles. The summed E-state index contributed by atoms with van der Waals surface area (Å²) >= 11 is 0. The van der Waals surface area contributed by atoms with Crippen LogP contribution < -0.4 is 74.9 Å². The summed E-state index contributed by atoms with van der Waals surface area (Å²) in [5, 5.41) is 55.3. The smallest absolute Gasteiger partial charge is 0.303 e. The maximum absolute atomic E-state index is 14.9. The molecule has 34 heteroatoms. The van der Waals surface area contributed by atoms with E-state index in [1.807, 2.05) is 6.92 Å². The van der Waals surface area contributed by atoms with Gasteiger partial charge in [-0.15, -0.1) is 0 Å². The Morgan fingerprint density at radius 1 is 0.552 bits per heavy atom. The standard InChI is InChI=1S/C71H93N17O17/c1-7-8-19-48-65(99)85-51(25-36(2)3)67(101)79-38(5)60(94)84-54(31-45-33-73-35-77-45)69(103)87-55(58(72)92)34-76-62(96)42-27-41-28-43(29-42)63(97)78-37(4)59(93)83-52(26-40-16-10-9-11-17-40)68(102)86-53(30-44-32-75-47-20-13-12-18-46(44)47)70(104)88-57(39(6)89)71(105)82-50(22-23-56(90)91)66(100)81-49(64(98)80-48)21-14-15-24-74-61(41)95/h9-13,16-18,20,27-29,32-33,35-39,48-55,57,75,89H,7-8,14-15,19,21-26,30-31,34H2,1-6H3,(H2,72,92)(H,73,77)(H,74,95)(H,76,96)(H,78,97)(H,79,101)(H,80,98)(H,81,100)(H,82,105)(H,83,93)(H,84,94)(H,85,99)(H,86,102)(H,87,103)(H,88,104)(H,90,91). The van der Waals surface area contributed by atoms with Crippen molar-refractivity contribution in [3.63, 3.8) is 0 Å². The number of aliphatic carboxylic acids is 1. The van der Waals surface area contributed by atoms with E-state index in [-0.39, 0.29) is 80.5 Å². The minimum Gasteiger partial charge on any atom is -0.481 e. The summed E-state index contributed by atoms with van der Waals surface area (Å²) in [5.41, 5.74) is 6.67. The second kappa shape index (κ2) is 38.6. The zero-order valence-corrected chi connectivity index (χ0v) is 59.1. The van der Waals surface area contributed by atoms with E-state index in [0.29, 0.717) is 40.6 Å². The number of hydrogen-bond donors (Lipinski definition) is 18. The Hall–Kier alpha value is -11.6. The molecule has 3 aromatic carbocycles. The van der Waals surface area contributed by atoms with Crippen LogP contribution in [0.25, 0.3) is 10.9 Å². The van der Waals surface area contributed by atoms with Crippen LogP contribution in [-0.2, 0) is 76.8 Å². The first-order valence-corrected chi connectivity index (χ1v) is 34.8. The predicted molar refractivity (Wildman–Crippen MR) is 378 cm³/mol. The molecule has 4 bridgehead atoms. The number of H-pyrrole nitrogens is 2. The van der Waals surface area contributed by atoms with Crippen molar-refractivity contribution in [2.45, 2.75) is 191 Å². The van der Waals surface area contributed by atoms with Crippen LogP contribution in [0.3, 0.4) is 0 Å². The number of rotatable bonds is 16. The molecule has 4 heterocycles. The number of amides is 14. The average molecular weight is 1460 g/mol. The molecular weight excluding hydrogens is 1360 g/mol. The number of nitrogens with zero attached hydrogens (tertiary/aromatic N) is 1. The largest absolute Gasteiger partial charge is 0.481 e. The molecule has 14 amide bonds. The van der Waals surface area contributed by atoms with Gasteiger partial charge in [-0.05, 0) is 101 Å². The first-order valence-electron chi connectivity index (χ1n) is 34.8. The Kier molecular flexibility index (Phi) is 29.7. The molecule has 0 saturated carbocycles. The number of aliphatic hydroxyl groups is 1. The number of fused-ring (bicyclic) bond motifs is 9. The lowest BCUT2D eigenvalue weighted by Gasteiger charge is -2.29. The summed E-state index contributed by atoms with van der Waals surface area (Å²) in [5.74, 6) is -15.8. The van der Waals surface area contributed by atoms with Crippen molar-refractivity contribution in [2.24, 2.45) is 11.7 Å². The summed E-state index contributed by atoms with van der Waals surface area (Å²) < 4.78 is 0. The van der Waals surface area contributed by atoms with Crippen molar-refractivity contribution in [3.05, 3.63) is 125 Å². The number of primary amides is 1. The molecule has 0 radical (unpaired) electrons. The van der Waals surface area contributed by atoms with Crippen molar-refractivity contribution in [3.8, 4) is 0 Å². The van der Waals surface area contributed by atoms with Gasteiger partial charge >= 0.3 is 5.97 Å². The number of nitrogens with one attached hydrogen (secondary N) is 15. The van der Waals surface area contributed by atoms with Gasteiger partial charge < -0.3 is 95.0 Å². The van der Waals surface area contributed by atoms with Crippen molar-refractivity contribution in [1.29, 1.82) is 0 Å². The highest BCUT2D eigenvalue weighted by Gasteiger charge is 2.38. The highest BCUT2D eigenvalue weighted by atomic mass is 16.4. The third kappa shape index (κ3) is 24.0. The third-order valence-corrected chi connectivity index (χ3v) is 17.6. The van der Waals surface area contributed by atoms with E-state index in [2.05, 4.69) is 84.1 Å². The molecular formula is C71H93N17O17. The molecule has 2 aliphatic heterocycles. The van der Waals surface area contributed by atoms with Gasteiger partial charge in [0.05, 0.1) is 12.4 Å². The lowest BCUT2D eigenvalue weighted by atomic mass is 10.0. The molecule has 564 valence electrons. The molecule has 105 heavy (non-hydrogen) atoms. The normalized spacial score (nSPS) is 24.3. The van der Waals surface area contributed by atoms with E-state index in [4.69, 9.17) is 5.73 Å². The molecule has 2 aliphatic rings. The molecule has 2 aromatic heterocycles.